The Balaban J connectivity index is 2.02. The predicted molar refractivity (Wildman–Crippen MR) is 89.8 cm³/mol. The molecule has 9 heteroatoms. The Morgan fingerprint density at radius 3 is 2.75 bits per heavy atom. The van der Waals surface area contributed by atoms with Crippen molar-refractivity contribution in [1.82, 2.24) is 9.78 Å². The fraction of sp³-hybridized carbons (Fsp3) is 0.267. The number of amides is 1. The van der Waals surface area contributed by atoms with E-state index in [4.69, 9.17) is 32.7 Å². The zero-order valence-corrected chi connectivity index (χ0v) is 14.5. The molecule has 0 aliphatic rings. The van der Waals surface area contributed by atoms with Gasteiger partial charge in [0, 0.05) is 12.1 Å². The minimum absolute atomic E-state index is 0.164. The lowest BCUT2D eigenvalue weighted by atomic mass is 10.3. The number of aromatic nitrogens is 2. The Kier molecular flexibility index (Phi) is 6.05. The Bertz CT molecular complexity index is 761. The molecule has 2 aromatic rings. The average molecular weight is 372 g/mol. The Morgan fingerprint density at radius 2 is 2.08 bits per heavy atom. The number of ether oxygens (including phenoxy) is 2. The maximum Gasteiger partial charge on any atom is 0.343 e. The largest absolute Gasteiger partial charge is 0.482 e. The first-order chi connectivity index (χ1) is 11.4. The van der Waals surface area contributed by atoms with E-state index in [0.29, 0.717) is 15.8 Å². The van der Waals surface area contributed by atoms with Crippen LogP contribution in [0.1, 0.15) is 17.3 Å². The molecule has 0 saturated heterocycles. The molecular formula is C15H15Cl2N3O4. The fourth-order valence-electron chi connectivity index (χ4n) is 1.85. The summed E-state index contributed by atoms with van der Waals surface area (Å²) in [4.78, 5) is 23.9. The minimum atomic E-state index is -0.567. The fourth-order valence-corrected chi connectivity index (χ4v) is 2.31. The van der Waals surface area contributed by atoms with Crippen LogP contribution < -0.4 is 10.1 Å². The van der Waals surface area contributed by atoms with E-state index >= 15 is 0 Å². The summed E-state index contributed by atoms with van der Waals surface area (Å²) < 4.78 is 11.6. The van der Waals surface area contributed by atoms with Crippen molar-refractivity contribution in [3.05, 3.63) is 40.0 Å². The summed E-state index contributed by atoms with van der Waals surface area (Å²) in [6.45, 7) is 1.62. The molecule has 0 radical (unpaired) electrons. The number of aryl methyl sites for hydroxylation is 1. The van der Waals surface area contributed by atoms with Crippen LogP contribution in [0.15, 0.2) is 24.4 Å². The maximum atomic E-state index is 12.0. The Hall–Kier alpha value is -2.25. The molecule has 0 aliphatic heterocycles. The quantitative estimate of drug-likeness (QED) is 0.789. The third-order valence-electron chi connectivity index (χ3n) is 2.94. The second-order valence-corrected chi connectivity index (χ2v) is 5.51. The first kappa shape index (κ1) is 18.1. The Labute approximate surface area is 148 Å². The van der Waals surface area contributed by atoms with Gasteiger partial charge in [0.1, 0.15) is 17.1 Å². The number of esters is 1. The van der Waals surface area contributed by atoms with Crippen LogP contribution in [0.3, 0.4) is 0 Å². The normalized spacial score (nSPS) is 10.3. The van der Waals surface area contributed by atoms with E-state index in [1.54, 1.807) is 26.1 Å². The van der Waals surface area contributed by atoms with E-state index in [0.717, 1.165) is 0 Å². The molecule has 0 fully saturated rings. The lowest BCUT2D eigenvalue weighted by Crippen LogP contribution is -2.23. The summed E-state index contributed by atoms with van der Waals surface area (Å²) in [6, 6.07) is 4.67. The minimum Gasteiger partial charge on any atom is -0.482 e. The molecule has 0 atom stereocenters. The summed E-state index contributed by atoms with van der Waals surface area (Å²) in [5.74, 6) is -0.492. The number of nitrogens with zero attached hydrogens (tertiary/aromatic N) is 2. The summed E-state index contributed by atoms with van der Waals surface area (Å²) in [6.07, 6.45) is 1.32. The average Bonchev–Trinajstić information content (AvgIpc) is 2.88. The van der Waals surface area contributed by atoms with Crippen LogP contribution in [-0.4, -0.2) is 34.9 Å². The van der Waals surface area contributed by atoms with Crippen molar-refractivity contribution in [2.45, 2.75) is 6.92 Å². The standard InChI is InChI=1S/C15H15Cl2N3O4/c1-3-23-15(22)10-7-18-20(2)14(10)19-13(21)8-24-12-5-4-9(16)6-11(12)17/h4-7H,3,8H2,1-2H3,(H,19,21). The van der Waals surface area contributed by atoms with E-state index in [-0.39, 0.29) is 24.6 Å². The highest BCUT2D eigenvalue weighted by Crippen LogP contribution is 2.27. The number of hydrogen-bond donors (Lipinski definition) is 1. The molecule has 1 heterocycles. The molecule has 2 rings (SSSR count). The van der Waals surface area contributed by atoms with Crippen LogP contribution in [-0.2, 0) is 16.6 Å². The van der Waals surface area contributed by atoms with Gasteiger partial charge in [0.25, 0.3) is 5.91 Å². The summed E-state index contributed by atoms with van der Waals surface area (Å²) in [5.41, 5.74) is 0.164. The van der Waals surface area contributed by atoms with Gasteiger partial charge in [0.15, 0.2) is 6.61 Å². The molecule has 7 nitrogen and oxygen atoms in total. The zero-order valence-electron chi connectivity index (χ0n) is 13.0. The number of hydrogen-bond acceptors (Lipinski definition) is 5. The molecule has 0 saturated carbocycles. The third-order valence-corrected chi connectivity index (χ3v) is 3.48. The molecule has 0 bridgehead atoms. The topological polar surface area (TPSA) is 82.5 Å². The lowest BCUT2D eigenvalue weighted by molar-refractivity contribution is -0.118. The van der Waals surface area contributed by atoms with Crippen molar-refractivity contribution in [3.8, 4) is 5.75 Å². The molecule has 1 aromatic heterocycles. The molecule has 0 spiro atoms. The van der Waals surface area contributed by atoms with Crippen LogP contribution >= 0.6 is 23.2 Å². The SMILES string of the molecule is CCOC(=O)c1cnn(C)c1NC(=O)COc1ccc(Cl)cc1Cl. The van der Waals surface area contributed by atoms with Gasteiger partial charge in [-0.3, -0.25) is 9.48 Å². The highest BCUT2D eigenvalue weighted by Gasteiger charge is 2.19. The number of anilines is 1. The van der Waals surface area contributed by atoms with Gasteiger partial charge in [-0.1, -0.05) is 23.2 Å². The van der Waals surface area contributed by atoms with Gasteiger partial charge < -0.3 is 14.8 Å². The van der Waals surface area contributed by atoms with Crippen LogP contribution in [0.5, 0.6) is 5.75 Å². The molecular weight excluding hydrogens is 357 g/mol. The molecule has 0 unspecified atom stereocenters. The van der Waals surface area contributed by atoms with E-state index < -0.39 is 11.9 Å². The summed E-state index contributed by atoms with van der Waals surface area (Å²) in [7, 11) is 1.59. The summed E-state index contributed by atoms with van der Waals surface area (Å²) in [5, 5.41) is 7.26. The molecule has 1 aromatic carbocycles. The van der Waals surface area contributed by atoms with Gasteiger partial charge in [-0.05, 0) is 25.1 Å². The van der Waals surface area contributed by atoms with Crippen LogP contribution in [0.2, 0.25) is 10.0 Å². The highest BCUT2D eigenvalue weighted by atomic mass is 35.5. The molecule has 24 heavy (non-hydrogen) atoms. The van der Waals surface area contributed by atoms with Gasteiger partial charge in [0.05, 0.1) is 17.8 Å². The zero-order chi connectivity index (χ0) is 17.7. The second kappa shape index (κ2) is 8.03. The monoisotopic (exact) mass is 371 g/mol. The number of halogens is 2. The van der Waals surface area contributed by atoms with Gasteiger partial charge in [-0.15, -0.1) is 0 Å². The predicted octanol–water partition coefficient (Wildman–Crippen LogP) is 2.92. The van der Waals surface area contributed by atoms with Crippen LogP contribution in [0.25, 0.3) is 0 Å². The van der Waals surface area contributed by atoms with Crippen molar-refractivity contribution in [3.63, 3.8) is 0 Å². The number of carbonyl (C=O) groups is 2. The van der Waals surface area contributed by atoms with Crippen LogP contribution in [0.4, 0.5) is 5.82 Å². The first-order valence-electron chi connectivity index (χ1n) is 6.99. The van der Waals surface area contributed by atoms with Crippen molar-refractivity contribution >= 4 is 40.9 Å². The number of nitrogens with one attached hydrogen (secondary N) is 1. The molecule has 128 valence electrons. The van der Waals surface area contributed by atoms with Crippen molar-refractivity contribution in [2.24, 2.45) is 7.05 Å². The molecule has 1 N–H and O–H groups in total. The van der Waals surface area contributed by atoms with E-state index in [2.05, 4.69) is 10.4 Å². The molecule has 1 amide bonds. The highest BCUT2D eigenvalue weighted by molar-refractivity contribution is 6.35. The van der Waals surface area contributed by atoms with Gasteiger partial charge >= 0.3 is 5.97 Å². The van der Waals surface area contributed by atoms with Crippen molar-refractivity contribution < 1.29 is 19.1 Å². The second-order valence-electron chi connectivity index (χ2n) is 4.66. The number of benzene rings is 1. The van der Waals surface area contributed by atoms with E-state index in [1.165, 1.54) is 16.9 Å². The number of carbonyl (C=O) groups excluding carboxylic acids is 2. The van der Waals surface area contributed by atoms with Gasteiger partial charge in [-0.25, -0.2) is 4.79 Å². The smallest absolute Gasteiger partial charge is 0.343 e. The van der Waals surface area contributed by atoms with Crippen LogP contribution in [0, 0.1) is 0 Å². The first-order valence-corrected chi connectivity index (χ1v) is 7.74. The van der Waals surface area contributed by atoms with Crippen molar-refractivity contribution in [1.29, 1.82) is 0 Å². The van der Waals surface area contributed by atoms with E-state index in [1.807, 2.05) is 0 Å². The van der Waals surface area contributed by atoms with Gasteiger partial charge in [0.2, 0.25) is 0 Å². The van der Waals surface area contributed by atoms with Crippen molar-refractivity contribution in [2.75, 3.05) is 18.5 Å². The number of rotatable bonds is 6. The Morgan fingerprint density at radius 1 is 1.33 bits per heavy atom. The molecule has 0 aliphatic carbocycles. The summed E-state index contributed by atoms with van der Waals surface area (Å²) >= 11 is 11.8. The lowest BCUT2D eigenvalue weighted by Gasteiger charge is -2.10. The van der Waals surface area contributed by atoms with Gasteiger partial charge in [-0.2, -0.15) is 5.10 Å². The van der Waals surface area contributed by atoms with E-state index in [9.17, 15) is 9.59 Å². The maximum absolute atomic E-state index is 12.0. The third kappa shape index (κ3) is 4.39.